The Hall–Kier alpha value is -4.06. The second-order valence-electron chi connectivity index (χ2n) is 10.4. The van der Waals surface area contributed by atoms with Gasteiger partial charge >= 0.3 is 5.91 Å². The van der Waals surface area contributed by atoms with Crippen LogP contribution in [0.3, 0.4) is 0 Å². The van der Waals surface area contributed by atoms with E-state index in [1.807, 2.05) is 31.2 Å². The zero-order valence-corrected chi connectivity index (χ0v) is 28.1. The van der Waals surface area contributed by atoms with E-state index < -0.39 is 17.7 Å². The van der Waals surface area contributed by atoms with Crippen LogP contribution < -0.4 is 19.1 Å². The minimum Gasteiger partial charge on any atom is -0.507 e. The zero-order chi connectivity index (χ0) is 32.6. The Labute approximate surface area is 281 Å². The molecule has 0 bridgehead atoms. The van der Waals surface area contributed by atoms with Gasteiger partial charge in [-0.3, -0.25) is 14.5 Å². The minimum atomic E-state index is -1.00. The van der Waals surface area contributed by atoms with Crippen molar-refractivity contribution < 1.29 is 28.9 Å². The molecule has 1 unspecified atom stereocenters. The van der Waals surface area contributed by atoms with Crippen molar-refractivity contribution in [3.05, 3.63) is 94.0 Å². The summed E-state index contributed by atoms with van der Waals surface area (Å²) in [6.07, 6.45) is 2.70. The number of carbonyl (C=O) groups excluding carboxylic acids is 2. The van der Waals surface area contributed by atoms with Crippen LogP contribution in [0.4, 0.5) is 5.13 Å². The molecule has 0 spiro atoms. The second-order valence-corrected chi connectivity index (χ2v) is 13.0. The first-order valence-electron chi connectivity index (χ1n) is 14.9. The number of hydrogen-bond donors (Lipinski definition) is 1. The number of anilines is 1. The Bertz CT molecular complexity index is 1710. The summed E-state index contributed by atoms with van der Waals surface area (Å²) in [7, 11) is 1.53. The molecule has 1 aromatic heterocycles. The molecule has 1 aliphatic rings. The smallest absolute Gasteiger partial charge is 0.301 e. The maximum atomic E-state index is 13.7. The van der Waals surface area contributed by atoms with Crippen LogP contribution in [0.25, 0.3) is 5.76 Å². The number of aliphatic hydroxyl groups is 1. The maximum absolute atomic E-state index is 13.7. The molecule has 3 aromatic carbocycles. The van der Waals surface area contributed by atoms with Crippen molar-refractivity contribution in [2.45, 2.75) is 49.2 Å². The average Bonchev–Trinajstić information content (AvgIpc) is 3.65. The van der Waals surface area contributed by atoms with Crippen molar-refractivity contribution in [2.24, 2.45) is 0 Å². The summed E-state index contributed by atoms with van der Waals surface area (Å²) in [5.74, 6) is 0.268. The number of hydrogen-bond acceptors (Lipinski definition) is 10. The fourth-order valence-electron chi connectivity index (χ4n) is 4.81. The molecule has 1 saturated heterocycles. The Kier molecular flexibility index (Phi) is 11.2. The van der Waals surface area contributed by atoms with Gasteiger partial charge < -0.3 is 19.3 Å². The molecule has 1 amide bonds. The van der Waals surface area contributed by atoms with Gasteiger partial charge in [0.05, 0.1) is 31.9 Å². The molecule has 1 fully saturated rings. The molecule has 1 aliphatic heterocycles. The van der Waals surface area contributed by atoms with Crippen LogP contribution in [-0.4, -0.2) is 47.3 Å². The molecule has 240 valence electrons. The second kappa shape index (κ2) is 15.5. The van der Waals surface area contributed by atoms with Crippen molar-refractivity contribution in [1.29, 1.82) is 0 Å². The van der Waals surface area contributed by atoms with Crippen molar-refractivity contribution in [3.63, 3.8) is 0 Å². The van der Waals surface area contributed by atoms with E-state index >= 15 is 0 Å². The number of unbranched alkanes of at least 4 members (excludes halogenated alkanes) is 1. The van der Waals surface area contributed by atoms with Crippen molar-refractivity contribution in [2.75, 3.05) is 25.2 Å². The summed E-state index contributed by atoms with van der Waals surface area (Å²) in [6, 6.07) is 18.5. The quantitative estimate of drug-likeness (QED) is 0.0353. The summed E-state index contributed by atoms with van der Waals surface area (Å²) in [5, 5.41) is 21.1. The number of Topliss-reactive ketones (excluding diaryl/α,β-unsaturated/α-hetero) is 1. The molecule has 5 rings (SSSR count). The molecular weight excluding hydrogens is 646 g/mol. The van der Waals surface area contributed by atoms with Crippen molar-refractivity contribution in [3.8, 4) is 17.2 Å². The van der Waals surface area contributed by atoms with Gasteiger partial charge in [-0.25, -0.2) is 0 Å². The number of nitrogens with zero attached hydrogens (tertiary/aromatic N) is 3. The fourth-order valence-corrected chi connectivity index (χ4v) is 6.76. The van der Waals surface area contributed by atoms with E-state index in [9.17, 15) is 14.7 Å². The highest BCUT2D eigenvalue weighted by atomic mass is 35.5. The van der Waals surface area contributed by atoms with E-state index in [4.69, 9.17) is 25.8 Å². The molecule has 12 heteroatoms. The summed E-state index contributed by atoms with van der Waals surface area (Å²) in [5.41, 5.74) is 1.88. The monoisotopic (exact) mass is 679 g/mol. The number of halogens is 1. The van der Waals surface area contributed by atoms with Crippen molar-refractivity contribution in [1.82, 2.24) is 10.2 Å². The molecule has 2 heterocycles. The third-order valence-electron chi connectivity index (χ3n) is 7.18. The summed E-state index contributed by atoms with van der Waals surface area (Å²) >= 11 is 8.66. The van der Waals surface area contributed by atoms with Gasteiger partial charge in [0.25, 0.3) is 5.78 Å². The minimum absolute atomic E-state index is 0.0699. The summed E-state index contributed by atoms with van der Waals surface area (Å²) in [4.78, 5) is 28.7. The topological polar surface area (TPSA) is 111 Å². The number of aliphatic hydroxyl groups excluding tert-OH is 1. The molecule has 4 aromatic rings. The van der Waals surface area contributed by atoms with Gasteiger partial charge in [0.15, 0.2) is 15.8 Å². The number of carbonyl (C=O) groups is 2. The normalized spacial score (nSPS) is 15.7. The summed E-state index contributed by atoms with van der Waals surface area (Å²) in [6.45, 7) is 5.16. The highest BCUT2D eigenvalue weighted by molar-refractivity contribution is 8.00. The number of benzene rings is 3. The van der Waals surface area contributed by atoms with E-state index in [-0.39, 0.29) is 16.5 Å². The third kappa shape index (κ3) is 7.49. The predicted molar refractivity (Wildman–Crippen MR) is 181 cm³/mol. The van der Waals surface area contributed by atoms with Gasteiger partial charge in [0.2, 0.25) is 5.13 Å². The average molecular weight is 680 g/mol. The Morgan fingerprint density at radius 2 is 1.72 bits per heavy atom. The molecule has 9 nitrogen and oxygen atoms in total. The lowest BCUT2D eigenvalue weighted by atomic mass is 9.95. The number of amides is 1. The van der Waals surface area contributed by atoms with Crippen LogP contribution in [0.5, 0.6) is 17.2 Å². The first-order valence-corrected chi connectivity index (χ1v) is 17.1. The number of aromatic nitrogens is 2. The molecule has 0 radical (unpaired) electrons. The first-order chi connectivity index (χ1) is 22.3. The Morgan fingerprint density at radius 3 is 2.41 bits per heavy atom. The highest BCUT2D eigenvalue weighted by Crippen LogP contribution is 2.45. The van der Waals surface area contributed by atoms with Gasteiger partial charge in [-0.1, -0.05) is 73.2 Å². The number of thioether (sulfide) groups is 1. The number of ether oxygens (including phenoxy) is 3. The van der Waals surface area contributed by atoms with E-state index in [1.165, 1.54) is 35.1 Å². The standard InChI is InChI=1S/C34H34ClN3O6S2/c1-4-6-18-44-26-16-11-23(19-27(26)42-3)29-28(30(39)22-9-14-25(15-10-22)43-17-5-2)31(40)32(41)38(29)33-36-37-34(46-33)45-20-21-7-12-24(35)13-8-21/h7-16,19,29,39H,4-6,17-18,20H2,1-3H3/b30-28-. The first kappa shape index (κ1) is 33.3. The maximum Gasteiger partial charge on any atom is 0.301 e. The number of methoxy groups -OCH3 is 1. The van der Waals surface area contributed by atoms with Gasteiger partial charge in [-0.2, -0.15) is 0 Å². The molecule has 0 saturated carbocycles. The zero-order valence-electron chi connectivity index (χ0n) is 25.7. The lowest BCUT2D eigenvalue weighted by molar-refractivity contribution is -0.132. The molecule has 1 atom stereocenters. The van der Waals surface area contributed by atoms with Gasteiger partial charge in [-0.15, -0.1) is 10.2 Å². The molecular formula is C34H34ClN3O6S2. The fraction of sp³-hybridized carbons (Fsp3) is 0.294. The van der Waals surface area contributed by atoms with E-state index in [2.05, 4.69) is 17.1 Å². The number of ketones is 1. The van der Waals surface area contributed by atoms with Crippen LogP contribution in [0.2, 0.25) is 5.02 Å². The highest BCUT2D eigenvalue weighted by Gasteiger charge is 2.48. The van der Waals surface area contributed by atoms with Gasteiger partial charge in [0.1, 0.15) is 11.5 Å². The van der Waals surface area contributed by atoms with Gasteiger partial charge in [-0.05, 0) is 72.5 Å². The third-order valence-corrected chi connectivity index (χ3v) is 9.56. The van der Waals surface area contributed by atoms with E-state index in [0.29, 0.717) is 56.7 Å². The predicted octanol–water partition coefficient (Wildman–Crippen LogP) is 8.09. The number of rotatable bonds is 14. The van der Waals surface area contributed by atoms with Crippen LogP contribution >= 0.6 is 34.7 Å². The van der Waals surface area contributed by atoms with Crippen molar-refractivity contribution >= 4 is 57.3 Å². The lowest BCUT2D eigenvalue weighted by Gasteiger charge is -2.23. The van der Waals surface area contributed by atoms with Crippen LogP contribution in [-0.2, 0) is 15.3 Å². The SMILES string of the molecule is CCCCOc1ccc(C2/C(=C(/O)c3ccc(OCCC)cc3)C(=O)C(=O)N2c2nnc(SCc3ccc(Cl)cc3)s2)cc1OC. The van der Waals surface area contributed by atoms with E-state index in [1.54, 1.807) is 42.5 Å². The molecule has 1 N–H and O–H groups in total. The summed E-state index contributed by atoms with van der Waals surface area (Å²) < 4.78 is 17.8. The Balaban J connectivity index is 1.53. The molecule has 0 aliphatic carbocycles. The van der Waals surface area contributed by atoms with E-state index in [0.717, 1.165) is 24.8 Å². The Morgan fingerprint density at radius 1 is 0.957 bits per heavy atom. The van der Waals surface area contributed by atoms with Crippen LogP contribution in [0.1, 0.15) is 55.8 Å². The van der Waals surface area contributed by atoms with Crippen LogP contribution in [0, 0.1) is 0 Å². The van der Waals surface area contributed by atoms with Crippen LogP contribution in [0.15, 0.2) is 76.6 Å². The lowest BCUT2D eigenvalue weighted by Crippen LogP contribution is -2.29. The van der Waals surface area contributed by atoms with Gasteiger partial charge in [0, 0.05) is 16.3 Å². The molecule has 46 heavy (non-hydrogen) atoms. The largest absolute Gasteiger partial charge is 0.507 e.